The maximum Gasteiger partial charge on any atom is 0.330 e. The van der Waals surface area contributed by atoms with E-state index in [-0.39, 0.29) is 0 Å². The Morgan fingerprint density at radius 3 is 2.57 bits per heavy atom. The summed E-state index contributed by atoms with van der Waals surface area (Å²) in [6.07, 6.45) is 1.63. The van der Waals surface area contributed by atoms with Crippen LogP contribution in [0.3, 0.4) is 0 Å². The van der Waals surface area contributed by atoms with E-state index in [1.807, 2.05) is 6.92 Å². The van der Waals surface area contributed by atoms with E-state index in [2.05, 4.69) is 5.32 Å². The molecule has 2 aromatic rings. The first kappa shape index (κ1) is 15.1. The predicted octanol–water partition coefficient (Wildman–Crippen LogP) is 2.72. The van der Waals surface area contributed by atoms with E-state index in [4.69, 9.17) is 11.6 Å². The minimum Gasteiger partial charge on any atom is -0.479 e. The molecule has 1 unspecified atom stereocenters. The molecule has 0 spiro atoms. The molecule has 0 aliphatic heterocycles. The Balaban J connectivity index is 2.25. The van der Waals surface area contributed by atoms with E-state index in [0.29, 0.717) is 22.8 Å². The molecule has 1 amide bonds. The second-order valence-corrected chi connectivity index (χ2v) is 4.92. The number of nitrogens with one attached hydrogen (secondary N) is 1. The molecule has 1 aromatic carbocycles. The lowest BCUT2D eigenvalue weighted by Gasteiger charge is -2.15. The number of hydrogen-bond donors (Lipinski definition) is 2. The van der Waals surface area contributed by atoms with E-state index < -0.39 is 17.9 Å². The van der Waals surface area contributed by atoms with Crippen molar-refractivity contribution in [3.05, 3.63) is 58.9 Å². The van der Waals surface area contributed by atoms with Gasteiger partial charge in [-0.15, -0.1) is 0 Å². The summed E-state index contributed by atoms with van der Waals surface area (Å²) in [5.41, 5.74) is 0.851. The monoisotopic (exact) mass is 306 g/mol. The number of amides is 1. The lowest BCUT2D eigenvalue weighted by Crippen LogP contribution is -2.34. The van der Waals surface area contributed by atoms with Crippen molar-refractivity contribution in [1.82, 2.24) is 9.88 Å². The smallest absolute Gasteiger partial charge is 0.330 e. The number of aromatic nitrogens is 1. The predicted molar refractivity (Wildman–Crippen MR) is 79.4 cm³/mol. The summed E-state index contributed by atoms with van der Waals surface area (Å²) in [5, 5.41) is 12.3. The number of carboxylic acid groups (broad SMARTS) is 1. The van der Waals surface area contributed by atoms with Crippen LogP contribution in [0.2, 0.25) is 5.02 Å². The summed E-state index contributed by atoms with van der Waals surface area (Å²) in [7, 11) is 0. The highest BCUT2D eigenvalue weighted by molar-refractivity contribution is 6.31. The summed E-state index contributed by atoms with van der Waals surface area (Å²) in [6, 6.07) is 8.97. The first-order valence-electron chi connectivity index (χ1n) is 6.47. The first-order valence-corrected chi connectivity index (χ1v) is 6.85. The fourth-order valence-corrected chi connectivity index (χ4v) is 2.29. The van der Waals surface area contributed by atoms with Gasteiger partial charge < -0.3 is 15.0 Å². The van der Waals surface area contributed by atoms with Gasteiger partial charge in [0.25, 0.3) is 5.91 Å². The molecule has 1 heterocycles. The molecule has 0 radical (unpaired) electrons. The molecule has 110 valence electrons. The zero-order chi connectivity index (χ0) is 15.4. The lowest BCUT2D eigenvalue weighted by molar-refractivity contribution is -0.139. The van der Waals surface area contributed by atoms with Crippen LogP contribution in [-0.2, 0) is 11.3 Å². The number of carbonyl (C=O) groups is 2. The van der Waals surface area contributed by atoms with E-state index in [1.165, 1.54) is 6.07 Å². The number of aliphatic carboxylic acids is 1. The molecule has 6 heteroatoms. The van der Waals surface area contributed by atoms with Gasteiger partial charge in [-0.05, 0) is 18.6 Å². The Labute approximate surface area is 127 Å². The Morgan fingerprint density at radius 2 is 2.00 bits per heavy atom. The summed E-state index contributed by atoms with van der Waals surface area (Å²) in [5.74, 6) is -1.59. The summed E-state index contributed by atoms with van der Waals surface area (Å²) in [6.45, 7) is 2.44. The highest BCUT2D eigenvalue weighted by atomic mass is 35.5. The fraction of sp³-hybridized carbons (Fsp3) is 0.200. The van der Waals surface area contributed by atoms with Crippen LogP contribution in [0.4, 0.5) is 0 Å². The summed E-state index contributed by atoms with van der Waals surface area (Å²) in [4.78, 5) is 23.7. The Morgan fingerprint density at radius 1 is 1.33 bits per heavy atom. The molecule has 0 saturated heterocycles. The maximum atomic E-state index is 12.3. The van der Waals surface area contributed by atoms with Crippen LogP contribution in [0.5, 0.6) is 0 Å². The van der Waals surface area contributed by atoms with Crippen molar-refractivity contribution in [2.45, 2.75) is 19.5 Å². The van der Waals surface area contributed by atoms with E-state index in [0.717, 1.165) is 0 Å². The Kier molecular flexibility index (Phi) is 4.65. The zero-order valence-corrected chi connectivity index (χ0v) is 12.2. The zero-order valence-electron chi connectivity index (χ0n) is 11.4. The molecule has 0 aliphatic carbocycles. The third-order valence-electron chi connectivity index (χ3n) is 3.09. The van der Waals surface area contributed by atoms with Gasteiger partial charge in [0.15, 0.2) is 6.04 Å². The number of hydrogen-bond acceptors (Lipinski definition) is 2. The molecule has 0 fully saturated rings. The van der Waals surface area contributed by atoms with E-state index in [1.54, 1.807) is 41.1 Å². The minimum atomic E-state index is -1.12. The van der Waals surface area contributed by atoms with Crippen LogP contribution in [-0.4, -0.2) is 21.6 Å². The highest BCUT2D eigenvalue weighted by Crippen LogP contribution is 2.17. The number of aryl methyl sites for hydroxylation is 1. The van der Waals surface area contributed by atoms with Crippen molar-refractivity contribution in [1.29, 1.82) is 0 Å². The lowest BCUT2D eigenvalue weighted by atomic mass is 10.1. The molecule has 5 nitrogen and oxygen atoms in total. The molecular weight excluding hydrogens is 292 g/mol. The summed E-state index contributed by atoms with van der Waals surface area (Å²) < 4.78 is 1.67. The number of carbonyl (C=O) groups excluding carboxylic acids is 1. The Bertz CT molecular complexity index is 652. The van der Waals surface area contributed by atoms with Gasteiger partial charge in [-0.25, -0.2) is 4.79 Å². The van der Waals surface area contributed by atoms with Crippen molar-refractivity contribution in [2.24, 2.45) is 0 Å². The van der Waals surface area contributed by atoms with Crippen molar-refractivity contribution in [2.75, 3.05) is 0 Å². The quantitative estimate of drug-likeness (QED) is 0.892. The van der Waals surface area contributed by atoms with Gasteiger partial charge in [0.05, 0.1) is 5.02 Å². The van der Waals surface area contributed by atoms with Gasteiger partial charge in [-0.2, -0.15) is 0 Å². The normalized spacial score (nSPS) is 11.9. The van der Waals surface area contributed by atoms with Gasteiger partial charge >= 0.3 is 5.97 Å². The van der Waals surface area contributed by atoms with Crippen LogP contribution in [0.15, 0.2) is 42.6 Å². The van der Waals surface area contributed by atoms with Gasteiger partial charge in [-0.3, -0.25) is 4.79 Å². The number of carboxylic acids is 1. The fourth-order valence-electron chi connectivity index (χ4n) is 2.06. The molecule has 1 aromatic heterocycles. The number of benzene rings is 1. The molecule has 1 atom stereocenters. The minimum absolute atomic E-state index is 0.338. The van der Waals surface area contributed by atoms with Crippen LogP contribution in [0.1, 0.15) is 29.0 Å². The van der Waals surface area contributed by atoms with E-state index in [9.17, 15) is 14.7 Å². The molecule has 2 rings (SSSR count). The number of halogens is 1. The van der Waals surface area contributed by atoms with Gasteiger partial charge in [0.1, 0.15) is 5.69 Å². The topological polar surface area (TPSA) is 71.3 Å². The molecule has 21 heavy (non-hydrogen) atoms. The second kappa shape index (κ2) is 6.45. The third kappa shape index (κ3) is 3.44. The molecule has 0 bridgehead atoms. The van der Waals surface area contributed by atoms with Crippen LogP contribution < -0.4 is 5.32 Å². The number of nitrogens with zero attached hydrogens (tertiary/aromatic N) is 1. The molecule has 0 saturated carbocycles. The molecule has 0 aliphatic rings. The molecular formula is C15H15ClN2O3. The third-order valence-corrected chi connectivity index (χ3v) is 3.30. The van der Waals surface area contributed by atoms with Crippen molar-refractivity contribution in [3.8, 4) is 0 Å². The van der Waals surface area contributed by atoms with E-state index >= 15 is 0 Å². The largest absolute Gasteiger partial charge is 0.479 e. The average molecular weight is 307 g/mol. The molecule has 2 N–H and O–H groups in total. The van der Waals surface area contributed by atoms with Gasteiger partial charge in [0, 0.05) is 12.7 Å². The maximum absolute atomic E-state index is 12.3. The second-order valence-electron chi connectivity index (χ2n) is 4.48. The summed E-state index contributed by atoms with van der Waals surface area (Å²) >= 11 is 5.89. The van der Waals surface area contributed by atoms with Gasteiger partial charge in [0.2, 0.25) is 0 Å². The first-order chi connectivity index (χ1) is 10.0. The van der Waals surface area contributed by atoms with Crippen molar-refractivity contribution in [3.63, 3.8) is 0 Å². The number of rotatable bonds is 5. The standard InChI is InChI=1S/C15H15ClN2O3/c1-2-18-9-11(16)8-12(18)14(19)17-13(15(20)21)10-6-4-3-5-7-10/h3-9,13H,2H2,1H3,(H,17,19)(H,20,21). The highest BCUT2D eigenvalue weighted by Gasteiger charge is 2.24. The van der Waals surface area contributed by atoms with Crippen LogP contribution in [0, 0.1) is 0 Å². The van der Waals surface area contributed by atoms with Crippen LogP contribution >= 0.6 is 11.6 Å². The van der Waals surface area contributed by atoms with Crippen molar-refractivity contribution < 1.29 is 14.7 Å². The van der Waals surface area contributed by atoms with Gasteiger partial charge in [-0.1, -0.05) is 41.9 Å². The SMILES string of the molecule is CCn1cc(Cl)cc1C(=O)NC(C(=O)O)c1ccccc1. The van der Waals surface area contributed by atoms with Crippen LogP contribution in [0.25, 0.3) is 0 Å². The Hall–Kier alpha value is -2.27. The average Bonchev–Trinajstić information content (AvgIpc) is 2.86. The van der Waals surface area contributed by atoms with Crippen molar-refractivity contribution >= 4 is 23.5 Å².